The minimum atomic E-state index is 0.304. The van der Waals surface area contributed by atoms with Crippen LogP contribution in [0.15, 0.2) is 0 Å². The van der Waals surface area contributed by atoms with E-state index < -0.39 is 0 Å². The Morgan fingerprint density at radius 3 is 2.58 bits per heavy atom. The second-order valence-electron chi connectivity index (χ2n) is 7.13. The van der Waals surface area contributed by atoms with Crippen molar-refractivity contribution in [3.63, 3.8) is 0 Å². The maximum Gasteiger partial charge on any atom is 0.0558 e. The topological polar surface area (TPSA) is 35.5 Å². The molecule has 0 spiro atoms. The van der Waals surface area contributed by atoms with E-state index in [9.17, 15) is 5.11 Å². The van der Waals surface area contributed by atoms with Gasteiger partial charge < -0.3 is 10.4 Å². The van der Waals surface area contributed by atoms with Crippen molar-refractivity contribution in [2.24, 2.45) is 11.3 Å². The molecule has 2 saturated carbocycles. The number of nitrogens with one attached hydrogen (secondary N) is 1. The number of hydrogen-bond acceptors (Lipinski definition) is 3. The summed E-state index contributed by atoms with van der Waals surface area (Å²) in [6.45, 7) is 10.5. The summed E-state index contributed by atoms with van der Waals surface area (Å²) in [5.74, 6) is 0.746. The Bertz CT molecular complexity index is 276. The first-order valence-corrected chi connectivity index (χ1v) is 8.16. The van der Waals surface area contributed by atoms with Crippen LogP contribution in [0.4, 0.5) is 0 Å². The van der Waals surface area contributed by atoms with Gasteiger partial charge in [-0.2, -0.15) is 0 Å². The molecule has 0 aromatic carbocycles. The molecule has 3 heteroatoms. The van der Waals surface area contributed by atoms with Crippen molar-refractivity contribution >= 4 is 0 Å². The predicted octanol–water partition coefficient (Wildman–Crippen LogP) is 2.25. The molecule has 2 atom stereocenters. The van der Waals surface area contributed by atoms with Crippen LogP contribution in [0.5, 0.6) is 0 Å². The molecule has 2 unspecified atom stereocenters. The van der Waals surface area contributed by atoms with Gasteiger partial charge in [-0.05, 0) is 43.6 Å². The van der Waals surface area contributed by atoms with Crippen LogP contribution in [0, 0.1) is 11.3 Å². The average Bonchev–Trinajstić information content (AvgIpc) is 3.16. The normalized spacial score (nSPS) is 30.8. The van der Waals surface area contributed by atoms with E-state index in [1.807, 2.05) is 0 Å². The lowest BCUT2D eigenvalue weighted by atomic mass is 9.67. The van der Waals surface area contributed by atoms with E-state index in [-0.39, 0.29) is 0 Å². The van der Waals surface area contributed by atoms with Gasteiger partial charge in [0, 0.05) is 25.2 Å². The third kappa shape index (κ3) is 3.93. The zero-order valence-corrected chi connectivity index (χ0v) is 13.0. The second kappa shape index (κ2) is 6.55. The third-order valence-corrected chi connectivity index (χ3v) is 5.05. The summed E-state index contributed by atoms with van der Waals surface area (Å²) >= 11 is 0. The standard InChI is InChI=1S/C16H32N2O/c1-4-17-15-13(6-5-9-16(15,2)3)12-18(10-11-19)14-7-8-14/h13-15,17,19H,4-12H2,1-3H3. The third-order valence-electron chi connectivity index (χ3n) is 5.05. The molecule has 0 aliphatic heterocycles. The highest BCUT2D eigenvalue weighted by molar-refractivity contribution is 4.96. The lowest BCUT2D eigenvalue weighted by Gasteiger charge is -2.46. The van der Waals surface area contributed by atoms with Gasteiger partial charge in [0.2, 0.25) is 0 Å². The molecule has 19 heavy (non-hydrogen) atoms. The Balaban J connectivity index is 1.98. The lowest BCUT2D eigenvalue weighted by Crippen LogP contribution is -2.53. The lowest BCUT2D eigenvalue weighted by molar-refractivity contribution is 0.0709. The van der Waals surface area contributed by atoms with Gasteiger partial charge in [-0.3, -0.25) is 4.90 Å². The van der Waals surface area contributed by atoms with E-state index in [4.69, 9.17) is 0 Å². The first-order chi connectivity index (χ1) is 9.08. The van der Waals surface area contributed by atoms with Crippen molar-refractivity contribution in [3.05, 3.63) is 0 Å². The van der Waals surface area contributed by atoms with E-state index in [0.29, 0.717) is 18.1 Å². The van der Waals surface area contributed by atoms with Crippen molar-refractivity contribution in [3.8, 4) is 0 Å². The quantitative estimate of drug-likeness (QED) is 0.743. The summed E-state index contributed by atoms with van der Waals surface area (Å²) in [6.07, 6.45) is 6.71. The molecule has 0 bridgehead atoms. The number of nitrogens with zero attached hydrogens (tertiary/aromatic N) is 1. The van der Waals surface area contributed by atoms with Gasteiger partial charge in [0.15, 0.2) is 0 Å². The number of rotatable bonds is 7. The van der Waals surface area contributed by atoms with E-state index in [2.05, 4.69) is 31.0 Å². The van der Waals surface area contributed by atoms with E-state index in [1.165, 1.54) is 38.6 Å². The van der Waals surface area contributed by atoms with E-state index in [1.54, 1.807) is 0 Å². The largest absolute Gasteiger partial charge is 0.395 e. The summed E-state index contributed by atoms with van der Waals surface area (Å²) in [4.78, 5) is 2.54. The Morgan fingerprint density at radius 2 is 2.00 bits per heavy atom. The van der Waals surface area contributed by atoms with Crippen LogP contribution < -0.4 is 5.32 Å². The Kier molecular flexibility index (Phi) is 5.27. The SMILES string of the molecule is CCNC1C(CN(CCO)C2CC2)CCCC1(C)C. The smallest absolute Gasteiger partial charge is 0.0558 e. The minimum Gasteiger partial charge on any atom is -0.395 e. The first kappa shape index (κ1) is 15.3. The molecule has 2 fully saturated rings. The molecule has 2 aliphatic rings. The van der Waals surface area contributed by atoms with Crippen molar-refractivity contribution in [1.29, 1.82) is 0 Å². The van der Waals surface area contributed by atoms with E-state index >= 15 is 0 Å². The number of hydrogen-bond donors (Lipinski definition) is 2. The van der Waals surface area contributed by atoms with Crippen LogP contribution in [0.3, 0.4) is 0 Å². The van der Waals surface area contributed by atoms with Gasteiger partial charge >= 0.3 is 0 Å². The van der Waals surface area contributed by atoms with E-state index in [0.717, 1.165) is 25.0 Å². The molecule has 0 heterocycles. The maximum atomic E-state index is 9.26. The van der Waals surface area contributed by atoms with Crippen molar-refractivity contribution < 1.29 is 5.11 Å². The highest BCUT2D eigenvalue weighted by atomic mass is 16.3. The van der Waals surface area contributed by atoms with Crippen molar-refractivity contribution in [2.45, 2.75) is 65.0 Å². The van der Waals surface area contributed by atoms with Gasteiger partial charge in [0.05, 0.1) is 6.61 Å². The average molecular weight is 268 g/mol. The summed E-state index contributed by atoms with van der Waals surface area (Å²) in [7, 11) is 0. The number of aliphatic hydroxyl groups excluding tert-OH is 1. The highest BCUT2D eigenvalue weighted by Crippen LogP contribution is 2.40. The minimum absolute atomic E-state index is 0.304. The predicted molar refractivity (Wildman–Crippen MR) is 80.3 cm³/mol. The summed E-state index contributed by atoms with van der Waals surface area (Å²) in [6, 6.07) is 1.39. The molecule has 2 N–H and O–H groups in total. The van der Waals surface area contributed by atoms with Crippen LogP contribution in [0.25, 0.3) is 0 Å². The van der Waals surface area contributed by atoms with Crippen molar-refractivity contribution in [1.82, 2.24) is 10.2 Å². The first-order valence-electron chi connectivity index (χ1n) is 8.16. The molecule has 2 rings (SSSR count). The zero-order chi connectivity index (χ0) is 13.9. The Morgan fingerprint density at radius 1 is 1.26 bits per heavy atom. The van der Waals surface area contributed by atoms with Gasteiger partial charge in [0.25, 0.3) is 0 Å². The Hall–Kier alpha value is -0.120. The van der Waals surface area contributed by atoms with Crippen LogP contribution in [0.2, 0.25) is 0 Å². The molecule has 0 saturated heterocycles. The fraction of sp³-hybridized carbons (Fsp3) is 1.00. The zero-order valence-electron chi connectivity index (χ0n) is 13.0. The molecule has 3 nitrogen and oxygen atoms in total. The summed E-state index contributed by atoms with van der Waals surface area (Å²) < 4.78 is 0. The summed E-state index contributed by atoms with van der Waals surface area (Å²) in [5.41, 5.74) is 0.410. The molecular weight excluding hydrogens is 236 g/mol. The molecule has 2 aliphatic carbocycles. The highest BCUT2D eigenvalue weighted by Gasteiger charge is 2.40. The van der Waals surface area contributed by atoms with Crippen LogP contribution in [-0.4, -0.2) is 48.3 Å². The Labute approximate surface area is 118 Å². The van der Waals surface area contributed by atoms with Gasteiger partial charge in [-0.15, -0.1) is 0 Å². The molecule has 0 radical (unpaired) electrons. The summed E-state index contributed by atoms with van der Waals surface area (Å²) in [5, 5.41) is 13.0. The molecule has 0 amide bonds. The fourth-order valence-corrected chi connectivity index (χ4v) is 3.93. The van der Waals surface area contributed by atoms with Crippen LogP contribution >= 0.6 is 0 Å². The maximum absolute atomic E-state index is 9.26. The molecule has 112 valence electrons. The van der Waals surface area contributed by atoms with Crippen LogP contribution in [0.1, 0.15) is 52.9 Å². The van der Waals surface area contributed by atoms with Crippen molar-refractivity contribution in [2.75, 3.05) is 26.2 Å². The second-order valence-corrected chi connectivity index (χ2v) is 7.13. The van der Waals surface area contributed by atoms with Gasteiger partial charge in [-0.25, -0.2) is 0 Å². The fourth-order valence-electron chi connectivity index (χ4n) is 3.93. The van der Waals surface area contributed by atoms with Gasteiger partial charge in [0.1, 0.15) is 0 Å². The molecule has 0 aromatic heterocycles. The molecule has 0 aromatic rings. The van der Waals surface area contributed by atoms with Gasteiger partial charge in [-0.1, -0.05) is 27.2 Å². The number of aliphatic hydroxyl groups is 1. The van der Waals surface area contributed by atoms with Crippen LogP contribution in [-0.2, 0) is 0 Å². The molecular formula is C16H32N2O. The monoisotopic (exact) mass is 268 g/mol.